The number of hydrogen-bond acceptors (Lipinski definition) is 5. The highest BCUT2D eigenvalue weighted by Gasteiger charge is 2.26. The van der Waals surface area contributed by atoms with E-state index < -0.39 is 0 Å². The van der Waals surface area contributed by atoms with Gasteiger partial charge in [-0.25, -0.2) is 9.78 Å². The molecule has 0 radical (unpaired) electrons. The first-order valence-corrected chi connectivity index (χ1v) is 9.93. The molecule has 1 atom stereocenters. The SMILES string of the molecule is COc1ccc(CN2CCCCC2c2ccc3c(=O)n(C)c(=O)n(C)c3n2)cc1. The molecule has 7 heteroatoms. The highest BCUT2D eigenvalue weighted by molar-refractivity contribution is 5.74. The van der Waals surface area contributed by atoms with Crippen molar-refractivity contribution in [2.75, 3.05) is 13.7 Å². The Hall–Kier alpha value is -2.93. The van der Waals surface area contributed by atoms with Gasteiger partial charge in [-0.2, -0.15) is 0 Å². The van der Waals surface area contributed by atoms with Crippen LogP contribution in [0, 0.1) is 0 Å². The molecule has 4 rings (SSSR count). The molecule has 152 valence electrons. The van der Waals surface area contributed by atoms with E-state index in [-0.39, 0.29) is 17.3 Å². The Morgan fingerprint density at radius 1 is 1.03 bits per heavy atom. The van der Waals surface area contributed by atoms with E-state index in [1.165, 1.54) is 17.2 Å². The Balaban J connectivity index is 1.70. The van der Waals surface area contributed by atoms with Crippen molar-refractivity contribution in [1.29, 1.82) is 0 Å². The molecule has 29 heavy (non-hydrogen) atoms. The summed E-state index contributed by atoms with van der Waals surface area (Å²) in [7, 11) is 4.83. The number of ether oxygens (including phenoxy) is 1. The topological polar surface area (TPSA) is 69.4 Å². The fraction of sp³-hybridized carbons (Fsp3) is 0.409. The third-order valence-electron chi connectivity index (χ3n) is 5.82. The van der Waals surface area contributed by atoms with Crippen LogP contribution in [-0.2, 0) is 20.6 Å². The molecule has 0 aliphatic carbocycles. The molecule has 0 bridgehead atoms. The summed E-state index contributed by atoms with van der Waals surface area (Å²) in [4.78, 5) is 31.9. The predicted molar refractivity (Wildman–Crippen MR) is 112 cm³/mol. The van der Waals surface area contributed by atoms with Crippen molar-refractivity contribution in [2.24, 2.45) is 14.1 Å². The van der Waals surface area contributed by atoms with Gasteiger partial charge in [0.15, 0.2) is 0 Å². The van der Waals surface area contributed by atoms with Crippen molar-refractivity contribution in [2.45, 2.75) is 31.8 Å². The maximum atomic E-state index is 12.4. The van der Waals surface area contributed by atoms with Crippen LogP contribution in [0.25, 0.3) is 11.0 Å². The molecular formula is C22H26N4O3. The lowest BCUT2D eigenvalue weighted by molar-refractivity contribution is 0.137. The summed E-state index contributed by atoms with van der Waals surface area (Å²) in [5.41, 5.74) is 1.92. The quantitative estimate of drug-likeness (QED) is 0.680. The zero-order valence-electron chi connectivity index (χ0n) is 17.1. The number of benzene rings is 1. The van der Waals surface area contributed by atoms with Gasteiger partial charge in [0.25, 0.3) is 5.56 Å². The zero-order chi connectivity index (χ0) is 20.5. The lowest BCUT2D eigenvalue weighted by atomic mass is 9.97. The van der Waals surface area contributed by atoms with Gasteiger partial charge in [-0.15, -0.1) is 0 Å². The van der Waals surface area contributed by atoms with E-state index in [1.54, 1.807) is 20.2 Å². The van der Waals surface area contributed by atoms with Crippen LogP contribution in [0.5, 0.6) is 5.75 Å². The average molecular weight is 394 g/mol. The monoisotopic (exact) mass is 394 g/mol. The minimum Gasteiger partial charge on any atom is -0.497 e. The highest BCUT2D eigenvalue weighted by atomic mass is 16.5. The second-order valence-electron chi connectivity index (χ2n) is 7.64. The van der Waals surface area contributed by atoms with Gasteiger partial charge in [0.2, 0.25) is 0 Å². The van der Waals surface area contributed by atoms with Gasteiger partial charge >= 0.3 is 5.69 Å². The Bertz CT molecular complexity index is 1150. The third-order valence-corrected chi connectivity index (χ3v) is 5.82. The molecule has 1 fully saturated rings. The second kappa shape index (κ2) is 7.83. The number of methoxy groups -OCH3 is 1. The number of pyridine rings is 1. The second-order valence-corrected chi connectivity index (χ2v) is 7.64. The van der Waals surface area contributed by atoms with Gasteiger partial charge < -0.3 is 4.74 Å². The normalized spacial score (nSPS) is 17.6. The summed E-state index contributed by atoms with van der Waals surface area (Å²) < 4.78 is 7.83. The van der Waals surface area contributed by atoms with Crippen molar-refractivity contribution in [1.82, 2.24) is 19.0 Å². The first kappa shape index (κ1) is 19.4. The van der Waals surface area contributed by atoms with E-state index in [9.17, 15) is 9.59 Å². The number of piperidine rings is 1. The van der Waals surface area contributed by atoms with Crippen molar-refractivity contribution in [3.05, 3.63) is 68.5 Å². The molecule has 0 amide bonds. The minimum atomic E-state index is -0.356. The maximum absolute atomic E-state index is 12.4. The molecule has 0 spiro atoms. The Kier molecular flexibility index (Phi) is 5.24. The van der Waals surface area contributed by atoms with E-state index in [2.05, 4.69) is 17.0 Å². The van der Waals surface area contributed by atoms with Crippen LogP contribution in [0.4, 0.5) is 0 Å². The van der Waals surface area contributed by atoms with Gasteiger partial charge in [-0.3, -0.25) is 18.8 Å². The van der Waals surface area contributed by atoms with Crippen LogP contribution >= 0.6 is 0 Å². The summed E-state index contributed by atoms with van der Waals surface area (Å²) in [6.45, 7) is 1.82. The first-order chi connectivity index (χ1) is 14.0. The van der Waals surface area contributed by atoms with Crippen molar-refractivity contribution in [3.63, 3.8) is 0 Å². The van der Waals surface area contributed by atoms with Crippen LogP contribution in [0.2, 0.25) is 0 Å². The number of rotatable bonds is 4. The van der Waals surface area contributed by atoms with Crippen LogP contribution in [0.3, 0.4) is 0 Å². The van der Waals surface area contributed by atoms with E-state index >= 15 is 0 Å². The Morgan fingerprint density at radius 3 is 2.52 bits per heavy atom. The zero-order valence-corrected chi connectivity index (χ0v) is 17.1. The molecule has 0 saturated carbocycles. The standard InChI is InChI=1S/C22H26N4O3/c1-24-20-17(21(27)25(2)22(24)28)11-12-18(23-20)19-6-4-5-13-26(19)14-15-7-9-16(29-3)10-8-15/h7-12,19H,4-6,13-14H2,1-3H3. The third kappa shape index (κ3) is 3.58. The van der Waals surface area contributed by atoms with Gasteiger partial charge in [0.05, 0.1) is 24.2 Å². The molecule has 1 aromatic carbocycles. The molecular weight excluding hydrogens is 368 g/mol. The lowest BCUT2D eigenvalue weighted by Crippen LogP contribution is -2.38. The first-order valence-electron chi connectivity index (χ1n) is 9.93. The molecule has 3 heterocycles. The molecule has 1 unspecified atom stereocenters. The fourth-order valence-corrected chi connectivity index (χ4v) is 4.14. The van der Waals surface area contributed by atoms with E-state index in [0.717, 1.165) is 48.4 Å². The van der Waals surface area contributed by atoms with Crippen molar-refractivity contribution in [3.8, 4) is 5.75 Å². The molecule has 7 nitrogen and oxygen atoms in total. The summed E-state index contributed by atoms with van der Waals surface area (Å²) >= 11 is 0. The highest BCUT2D eigenvalue weighted by Crippen LogP contribution is 2.32. The molecule has 0 N–H and O–H groups in total. The summed E-state index contributed by atoms with van der Waals surface area (Å²) in [5.74, 6) is 0.850. The molecule has 2 aromatic heterocycles. The molecule has 1 aliphatic heterocycles. The van der Waals surface area contributed by atoms with E-state index in [4.69, 9.17) is 9.72 Å². The van der Waals surface area contributed by atoms with Gasteiger partial charge in [0, 0.05) is 20.6 Å². The number of fused-ring (bicyclic) bond motifs is 1. The number of hydrogen-bond donors (Lipinski definition) is 0. The van der Waals surface area contributed by atoms with Crippen LogP contribution in [-0.4, -0.2) is 32.7 Å². The van der Waals surface area contributed by atoms with Crippen molar-refractivity contribution >= 4 is 11.0 Å². The molecule has 1 aliphatic rings. The maximum Gasteiger partial charge on any atom is 0.332 e. The Morgan fingerprint density at radius 2 is 1.79 bits per heavy atom. The van der Waals surface area contributed by atoms with Crippen LogP contribution in [0.1, 0.15) is 36.6 Å². The predicted octanol–water partition coefficient (Wildman–Crippen LogP) is 2.37. The minimum absolute atomic E-state index is 0.161. The summed E-state index contributed by atoms with van der Waals surface area (Å²) in [6.07, 6.45) is 3.30. The number of likely N-dealkylation sites (tertiary alicyclic amines) is 1. The van der Waals surface area contributed by atoms with Gasteiger partial charge in [-0.1, -0.05) is 18.6 Å². The smallest absolute Gasteiger partial charge is 0.332 e. The summed E-state index contributed by atoms with van der Waals surface area (Å²) in [6, 6.07) is 12.0. The van der Waals surface area contributed by atoms with Gasteiger partial charge in [0.1, 0.15) is 11.4 Å². The Labute approximate surface area is 169 Å². The number of nitrogens with zero attached hydrogens (tertiary/aromatic N) is 4. The molecule has 1 saturated heterocycles. The number of aryl methyl sites for hydroxylation is 1. The average Bonchev–Trinajstić information content (AvgIpc) is 2.77. The van der Waals surface area contributed by atoms with E-state index in [1.807, 2.05) is 18.2 Å². The largest absolute Gasteiger partial charge is 0.497 e. The van der Waals surface area contributed by atoms with Gasteiger partial charge in [-0.05, 0) is 49.2 Å². The lowest BCUT2D eigenvalue weighted by Gasteiger charge is -2.35. The van der Waals surface area contributed by atoms with Crippen LogP contribution in [0.15, 0.2) is 46.0 Å². The van der Waals surface area contributed by atoms with E-state index in [0.29, 0.717) is 11.0 Å². The number of aromatic nitrogens is 3. The molecule has 3 aromatic rings. The van der Waals surface area contributed by atoms with Crippen molar-refractivity contribution < 1.29 is 4.74 Å². The van der Waals surface area contributed by atoms with Crippen LogP contribution < -0.4 is 16.0 Å². The fourth-order valence-electron chi connectivity index (χ4n) is 4.14. The summed E-state index contributed by atoms with van der Waals surface area (Å²) in [5, 5.41) is 0.468.